The highest BCUT2D eigenvalue weighted by Crippen LogP contribution is 2.21. The van der Waals surface area contributed by atoms with Crippen molar-refractivity contribution in [1.29, 1.82) is 0 Å². The third kappa shape index (κ3) is 3.61. The van der Waals surface area contributed by atoms with E-state index in [1.807, 2.05) is 13.0 Å². The topological polar surface area (TPSA) is 66.4 Å². The van der Waals surface area contributed by atoms with E-state index in [1.54, 1.807) is 30.3 Å². The van der Waals surface area contributed by atoms with Crippen LogP contribution in [0.15, 0.2) is 48.5 Å². The average molecular weight is 295 g/mol. The van der Waals surface area contributed by atoms with Crippen molar-refractivity contribution in [3.8, 4) is 5.75 Å². The zero-order valence-electron chi connectivity index (χ0n) is 12.3. The highest BCUT2D eigenvalue weighted by atomic mass is 16.5. The summed E-state index contributed by atoms with van der Waals surface area (Å²) >= 11 is 0. The van der Waals surface area contributed by atoms with Crippen molar-refractivity contribution in [2.75, 3.05) is 7.11 Å². The van der Waals surface area contributed by atoms with E-state index in [2.05, 4.69) is 0 Å². The first-order valence-electron chi connectivity index (χ1n) is 6.69. The highest BCUT2D eigenvalue weighted by molar-refractivity contribution is 6.08. The molecule has 0 heterocycles. The third-order valence-electron chi connectivity index (χ3n) is 3.19. The minimum atomic E-state index is -1.23. The predicted octanol–water partition coefficient (Wildman–Crippen LogP) is 2.26. The van der Waals surface area contributed by atoms with Gasteiger partial charge in [0.25, 0.3) is 0 Å². The summed E-state index contributed by atoms with van der Waals surface area (Å²) in [6.45, 7) is 1.90. The summed E-state index contributed by atoms with van der Waals surface area (Å²) in [6, 6.07) is 11.5. The number of carbonyl (C=O) groups excluding carboxylic acids is 2. The standard InChI is InChI=1S/C18H16O4/c1-12-3-10-17(22-2)15(11-12)16(19)9-6-13-4-7-14(8-5-13)18(20)21/h3-11H,1-2H3,(H,20,21)/p-1/b9-6+. The number of carboxylic acids is 1. The summed E-state index contributed by atoms with van der Waals surface area (Å²) in [5.74, 6) is -0.881. The molecule has 0 bridgehead atoms. The minimum absolute atomic E-state index is 0.101. The molecule has 0 unspecified atom stereocenters. The van der Waals surface area contributed by atoms with Gasteiger partial charge in [0.1, 0.15) is 5.75 Å². The Morgan fingerprint density at radius 2 is 1.77 bits per heavy atom. The lowest BCUT2D eigenvalue weighted by Crippen LogP contribution is -2.21. The first-order chi connectivity index (χ1) is 10.5. The van der Waals surface area contributed by atoms with E-state index in [9.17, 15) is 14.7 Å². The maximum absolute atomic E-state index is 12.3. The van der Waals surface area contributed by atoms with Gasteiger partial charge in [-0.1, -0.05) is 42.0 Å². The summed E-state index contributed by atoms with van der Waals surface area (Å²) in [5, 5.41) is 10.7. The van der Waals surface area contributed by atoms with Crippen LogP contribution >= 0.6 is 0 Å². The zero-order valence-corrected chi connectivity index (χ0v) is 12.3. The molecular formula is C18H15O4-. The number of benzene rings is 2. The van der Waals surface area contributed by atoms with Crippen molar-refractivity contribution in [2.45, 2.75) is 6.92 Å². The molecule has 0 radical (unpaired) electrons. The molecule has 4 heteroatoms. The Balaban J connectivity index is 2.21. The largest absolute Gasteiger partial charge is 0.545 e. The van der Waals surface area contributed by atoms with Gasteiger partial charge in [-0.3, -0.25) is 4.79 Å². The second kappa shape index (κ2) is 6.72. The van der Waals surface area contributed by atoms with Crippen molar-refractivity contribution in [3.05, 3.63) is 70.8 Å². The van der Waals surface area contributed by atoms with Crippen LogP contribution < -0.4 is 9.84 Å². The Bertz CT molecular complexity index is 727. The molecule has 112 valence electrons. The van der Waals surface area contributed by atoms with Gasteiger partial charge >= 0.3 is 0 Å². The molecule has 0 aliphatic heterocycles. The maximum atomic E-state index is 12.3. The number of ketones is 1. The number of allylic oxidation sites excluding steroid dienone is 1. The third-order valence-corrected chi connectivity index (χ3v) is 3.19. The number of hydrogen-bond donors (Lipinski definition) is 0. The molecule has 0 amide bonds. The highest BCUT2D eigenvalue weighted by Gasteiger charge is 2.09. The SMILES string of the molecule is COc1ccc(C)cc1C(=O)/C=C/c1ccc(C(=O)[O-])cc1. The summed E-state index contributed by atoms with van der Waals surface area (Å²) in [7, 11) is 1.52. The van der Waals surface area contributed by atoms with Crippen LogP contribution in [-0.2, 0) is 0 Å². The Hall–Kier alpha value is -2.88. The van der Waals surface area contributed by atoms with Crippen LogP contribution in [0.2, 0.25) is 0 Å². The van der Waals surface area contributed by atoms with E-state index < -0.39 is 5.97 Å². The predicted molar refractivity (Wildman–Crippen MR) is 81.9 cm³/mol. The van der Waals surface area contributed by atoms with Gasteiger partial charge in [0.2, 0.25) is 0 Å². The Kier molecular flexibility index (Phi) is 4.73. The second-order valence-electron chi connectivity index (χ2n) is 4.81. The molecule has 0 saturated carbocycles. The van der Waals surface area contributed by atoms with E-state index in [4.69, 9.17) is 4.74 Å². The lowest BCUT2D eigenvalue weighted by molar-refractivity contribution is -0.255. The molecule has 2 aromatic rings. The number of aromatic carboxylic acids is 1. The lowest BCUT2D eigenvalue weighted by atomic mass is 10.0. The van der Waals surface area contributed by atoms with Crippen LogP contribution in [0.4, 0.5) is 0 Å². The summed E-state index contributed by atoms with van der Waals surface area (Å²) in [5.41, 5.74) is 2.29. The van der Waals surface area contributed by atoms with Gasteiger partial charge in [-0.25, -0.2) is 0 Å². The summed E-state index contributed by atoms with van der Waals surface area (Å²) in [4.78, 5) is 22.9. The Labute approximate surface area is 128 Å². The van der Waals surface area contributed by atoms with Crippen LogP contribution in [0.1, 0.15) is 31.8 Å². The van der Waals surface area contributed by atoms with Crippen molar-refractivity contribution in [3.63, 3.8) is 0 Å². The van der Waals surface area contributed by atoms with Gasteiger partial charge in [0, 0.05) is 0 Å². The van der Waals surface area contributed by atoms with Gasteiger partial charge in [-0.05, 0) is 36.3 Å². The van der Waals surface area contributed by atoms with Crippen LogP contribution in [0.3, 0.4) is 0 Å². The molecule has 0 aromatic heterocycles. The molecule has 0 atom stereocenters. The molecule has 0 fully saturated rings. The fourth-order valence-corrected chi connectivity index (χ4v) is 2.01. The Morgan fingerprint density at radius 3 is 2.36 bits per heavy atom. The van der Waals surface area contributed by atoms with Gasteiger partial charge in [-0.2, -0.15) is 0 Å². The normalized spacial score (nSPS) is 10.6. The number of rotatable bonds is 5. The van der Waals surface area contributed by atoms with E-state index in [0.717, 1.165) is 11.1 Å². The molecule has 4 nitrogen and oxygen atoms in total. The smallest absolute Gasteiger partial charge is 0.189 e. The van der Waals surface area contributed by atoms with E-state index in [-0.39, 0.29) is 11.3 Å². The van der Waals surface area contributed by atoms with Crippen LogP contribution in [0.5, 0.6) is 5.75 Å². The average Bonchev–Trinajstić information content (AvgIpc) is 2.53. The van der Waals surface area contributed by atoms with Crippen molar-refractivity contribution < 1.29 is 19.4 Å². The second-order valence-corrected chi connectivity index (χ2v) is 4.81. The molecular weight excluding hydrogens is 280 g/mol. The van der Waals surface area contributed by atoms with Crippen LogP contribution in [0, 0.1) is 6.92 Å². The molecule has 0 aliphatic carbocycles. The van der Waals surface area contributed by atoms with E-state index in [1.165, 1.54) is 25.3 Å². The number of carbonyl (C=O) groups is 2. The molecule has 2 rings (SSSR count). The van der Waals surface area contributed by atoms with Crippen LogP contribution in [0.25, 0.3) is 6.08 Å². The molecule has 0 spiro atoms. The van der Waals surface area contributed by atoms with E-state index in [0.29, 0.717) is 11.3 Å². The molecule has 2 aromatic carbocycles. The number of aryl methyl sites for hydroxylation is 1. The molecule has 22 heavy (non-hydrogen) atoms. The molecule has 0 saturated heterocycles. The Morgan fingerprint density at radius 1 is 1.09 bits per heavy atom. The number of ether oxygens (including phenoxy) is 1. The van der Waals surface area contributed by atoms with Gasteiger partial charge < -0.3 is 14.6 Å². The minimum Gasteiger partial charge on any atom is -0.545 e. The summed E-state index contributed by atoms with van der Waals surface area (Å²) < 4.78 is 5.19. The summed E-state index contributed by atoms with van der Waals surface area (Å²) in [6.07, 6.45) is 3.06. The molecule has 0 N–H and O–H groups in total. The fraction of sp³-hybridized carbons (Fsp3) is 0.111. The number of methoxy groups -OCH3 is 1. The van der Waals surface area contributed by atoms with Gasteiger partial charge in [0.05, 0.1) is 18.6 Å². The van der Waals surface area contributed by atoms with Crippen LogP contribution in [-0.4, -0.2) is 18.9 Å². The first kappa shape index (κ1) is 15.5. The number of hydrogen-bond acceptors (Lipinski definition) is 4. The maximum Gasteiger partial charge on any atom is 0.189 e. The van der Waals surface area contributed by atoms with Gasteiger partial charge in [0.15, 0.2) is 5.78 Å². The first-order valence-corrected chi connectivity index (χ1v) is 6.69. The zero-order chi connectivity index (χ0) is 16.1. The number of carboxylic acid groups (broad SMARTS) is 1. The van der Waals surface area contributed by atoms with E-state index >= 15 is 0 Å². The van der Waals surface area contributed by atoms with Crippen molar-refractivity contribution >= 4 is 17.8 Å². The monoisotopic (exact) mass is 295 g/mol. The lowest BCUT2D eigenvalue weighted by Gasteiger charge is -2.06. The molecule has 0 aliphatic rings. The quantitative estimate of drug-likeness (QED) is 0.627. The van der Waals surface area contributed by atoms with Crippen molar-refractivity contribution in [1.82, 2.24) is 0 Å². The van der Waals surface area contributed by atoms with Crippen molar-refractivity contribution in [2.24, 2.45) is 0 Å². The van der Waals surface area contributed by atoms with Gasteiger partial charge in [-0.15, -0.1) is 0 Å². The fourth-order valence-electron chi connectivity index (χ4n) is 2.01.